The number of carbonyl (C=O) groups excluding carboxylic acids is 1. The van der Waals surface area contributed by atoms with Crippen molar-refractivity contribution in [2.45, 2.75) is 25.5 Å². The third-order valence-corrected chi connectivity index (χ3v) is 3.35. The van der Waals surface area contributed by atoms with Crippen LogP contribution in [0.5, 0.6) is 0 Å². The summed E-state index contributed by atoms with van der Waals surface area (Å²) >= 11 is 0. The molecule has 1 aromatic carbocycles. The largest absolute Gasteiger partial charge is 0.377 e. The van der Waals surface area contributed by atoms with Gasteiger partial charge in [-0.25, -0.2) is 5.84 Å². The lowest BCUT2D eigenvalue weighted by Gasteiger charge is -2.30. The minimum atomic E-state index is -0.352. The predicted molar refractivity (Wildman–Crippen MR) is 73.1 cm³/mol. The summed E-state index contributed by atoms with van der Waals surface area (Å²) in [6.45, 7) is 4.33. The maximum atomic E-state index is 12.1. The van der Waals surface area contributed by atoms with Crippen molar-refractivity contribution in [3.05, 3.63) is 35.9 Å². The van der Waals surface area contributed by atoms with Gasteiger partial charge in [-0.05, 0) is 18.9 Å². The number of hydrazine groups is 1. The fraction of sp³-hybridized carbons (Fsp3) is 0.500. The Hall–Kier alpha value is -1.43. The van der Waals surface area contributed by atoms with Gasteiger partial charge < -0.3 is 4.74 Å². The lowest BCUT2D eigenvalue weighted by atomic mass is 10.0. The molecular formula is C14H21N3O2. The van der Waals surface area contributed by atoms with Crippen molar-refractivity contribution in [1.29, 1.82) is 0 Å². The molecule has 0 bridgehead atoms. The Kier molecular flexibility index (Phi) is 4.90. The van der Waals surface area contributed by atoms with Crippen LogP contribution in [0.15, 0.2) is 30.3 Å². The molecule has 0 aromatic heterocycles. The molecule has 1 aliphatic heterocycles. The number of rotatable bonds is 3. The molecule has 1 amide bonds. The van der Waals surface area contributed by atoms with E-state index in [2.05, 4.69) is 10.3 Å². The number of ether oxygens (including phenoxy) is 1. The van der Waals surface area contributed by atoms with Crippen LogP contribution < -0.4 is 11.3 Å². The maximum Gasteiger partial charge on any atom is 0.255 e. The summed E-state index contributed by atoms with van der Waals surface area (Å²) < 4.78 is 5.63. The topological polar surface area (TPSA) is 67.6 Å². The van der Waals surface area contributed by atoms with Gasteiger partial charge in [0.1, 0.15) is 6.04 Å². The standard InChI is InChI=1S/C14H21N3O2/c1-11-10-17(8-5-9-19-11)13(14(18)16-15)12-6-3-2-4-7-12/h2-4,6-7,11,13H,5,8-10,15H2,1H3,(H,16,18). The fourth-order valence-electron chi connectivity index (χ4n) is 2.50. The van der Waals surface area contributed by atoms with Crippen LogP contribution in [0, 0.1) is 0 Å². The maximum absolute atomic E-state index is 12.1. The Morgan fingerprint density at radius 1 is 1.47 bits per heavy atom. The minimum absolute atomic E-state index is 0.124. The first-order chi connectivity index (χ1) is 9.22. The number of nitrogens with one attached hydrogen (secondary N) is 1. The molecular weight excluding hydrogens is 242 g/mol. The van der Waals surface area contributed by atoms with Crippen molar-refractivity contribution in [2.24, 2.45) is 5.84 Å². The van der Waals surface area contributed by atoms with Gasteiger partial charge in [0, 0.05) is 19.7 Å². The smallest absolute Gasteiger partial charge is 0.255 e. The molecule has 1 saturated heterocycles. The summed E-state index contributed by atoms with van der Waals surface area (Å²) in [6.07, 6.45) is 1.05. The Morgan fingerprint density at radius 2 is 2.21 bits per heavy atom. The van der Waals surface area contributed by atoms with Crippen molar-refractivity contribution < 1.29 is 9.53 Å². The van der Waals surface area contributed by atoms with Gasteiger partial charge >= 0.3 is 0 Å². The highest BCUT2D eigenvalue weighted by molar-refractivity contribution is 5.82. The first-order valence-corrected chi connectivity index (χ1v) is 6.63. The lowest BCUT2D eigenvalue weighted by molar-refractivity contribution is -0.127. The van der Waals surface area contributed by atoms with Gasteiger partial charge in [0.05, 0.1) is 6.10 Å². The molecule has 2 unspecified atom stereocenters. The third-order valence-electron chi connectivity index (χ3n) is 3.35. The number of amides is 1. The summed E-state index contributed by atoms with van der Waals surface area (Å²) in [6, 6.07) is 9.37. The SMILES string of the molecule is CC1CN(C(C(=O)NN)c2ccccc2)CCCO1. The molecule has 104 valence electrons. The van der Waals surface area contributed by atoms with E-state index in [9.17, 15) is 4.79 Å². The quantitative estimate of drug-likeness (QED) is 0.481. The highest BCUT2D eigenvalue weighted by Gasteiger charge is 2.29. The zero-order valence-corrected chi connectivity index (χ0v) is 11.2. The normalized spacial score (nSPS) is 22.5. The number of hydrogen-bond donors (Lipinski definition) is 2. The van der Waals surface area contributed by atoms with E-state index in [-0.39, 0.29) is 18.1 Å². The van der Waals surface area contributed by atoms with Gasteiger partial charge in [-0.3, -0.25) is 15.1 Å². The van der Waals surface area contributed by atoms with Crippen LogP contribution in [0.1, 0.15) is 24.9 Å². The van der Waals surface area contributed by atoms with Crippen molar-refractivity contribution in [3.63, 3.8) is 0 Å². The molecule has 5 nitrogen and oxygen atoms in total. The Bertz CT molecular complexity index is 410. The third kappa shape index (κ3) is 3.53. The van der Waals surface area contributed by atoms with Crippen LogP contribution >= 0.6 is 0 Å². The monoisotopic (exact) mass is 263 g/mol. The van der Waals surface area contributed by atoms with Crippen LogP contribution in [-0.4, -0.2) is 36.6 Å². The second-order valence-corrected chi connectivity index (χ2v) is 4.85. The van der Waals surface area contributed by atoms with Gasteiger partial charge in [0.15, 0.2) is 0 Å². The highest BCUT2D eigenvalue weighted by Crippen LogP contribution is 2.23. The Labute approximate surface area is 113 Å². The fourth-order valence-corrected chi connectivity index (χ4v) is 2.50. The average Bonchev–Trinajstić information content (AvgIpc) is 2.65. The molecule has 2 rings (SSSR count). The number of benzene rings is 1. The molecule has 0 aliphatic carbocycles. The molecule has 2 atom stereocenters. The van der Waals surface area contributed by atoms with E-state index in [4.69, 9.17) is 10.6 Å². The molecule has 1 aromatic rings. The van der Waals surface area contributed by atoms with Crippen LogP contribution in [0.25, 0.3) is 0 Å². The molecule has 0 saturated carbocycles. The summed E-state index contributed by atoms with van der Waals surface area (Å²) in [5.74, 6) is 5.15. The Morgan fingerprint density at radius 3 is 2.89 bits per heavy atom. The van der Waals surface area contributed by atoms with Crippen LogP contribution in [0.3, 0.4) is 0 Å². The average molecular weight is 263 g/mol. The molecule has 0 spiro atoms. The predicted octanol–water partition coefficient (Wildman–Crippen LogP) is 0.828. The molecule has 19 heavy (non-hydrogen) atoms. The molecule has 1 aliphatic rings. The Balaban J connectivity index is 2.24. The zero-order chi connectivity index (χ0) is 13.7. The van der Waals surface area contributed by atoms with E-state index in [0.29, 0.717) is 0 Å². The van der Waals surface area contributed by atoms with Crippen molar-refractivity contribution in [3.8, 4) is 0 Å². The van der Waals surface area contributed by atoms with Gasteiger partial charge in [0.25, 0.3) is 5.91 Å². The van der Waals surface area contributed by atoms with Crippen LogP contribution in [0.4, 0.5) is 0 Å². The van der Waals surface area contributed by atoms with Gasteiger partial charge in [-0.15, -0.1) is 0 Å². The van der Waals surface area contributed by atoms with E-state index in [1.165, 1.54) is 0 Å². The van der Waals surface area contributed by atoms with Crippen LogP contribution in [-0.2, 0) is 9.53 Å². The van der Waals surface area contributed by atoms with Crippen molar-refractivity contribution in [2.75, 3.05) is 19.7 Å². The summed E-state index contributed by atoms with van der Waals surface area (Å²) in [5, 5.41) is 0. The molecule has 1 heterocycles. The first kappa shape index (κ1) is 14.0. The second-order valence-electron chi connectivity index (χ2n) is 4.85. The van der Waals surface area contributed by atoms with E-state index in [1.807, 2.05) is 37.3 Å². The number of nitrogens with two attached hydrogens (primary N) is 1. The molecule has 3 N–H and O–H groups in total. The van der Waals surface area contributed by atoms with Gasteiger partial charge in [0.2, 0.25) is 0 Å². The number of hydrogen-bond acceptors (Lipinski definition) is 4. The van der Waals surface area contributed by atoms with Crippen molar-refractivity contribution >= 4 is 5.91 Å². The lowest BCUT2D eigenvalue weighted by Crippen LogP contribution is -2.45. The van der Waals surface area contributed by atoms with E-state index < -0.39 is 0 Å². The molecule has 0 radical (unpaired) electrons. The van der Waals surface area contributed by atoms with E-state index in [1.54, 1.807) is 0 Å². The van der Waals surface area contributed by atoms with Gasteiger partial charge in [-0.1, -0.05) is 30.3 Å². The van der Waals surface area contributed by atoms with E-state index >= 15 is 0 Å². The summed E-state index contributed by atoms with van der Waals surface area (Å²) in [7, 11) is 0. The molecule has 1 fully saturated rings. The highest BCUT2D eigenvalue weighted by atomic mass is 16.5. The first-order valence-electron chi connectivity index (χ1n) is 6.63. The zero-order valence-electron chi connectivity index (χ0n) is 11.2. The second kappa shape index (κ2) is 6.65. The van der Waals surface area contributed by atoms with Crippen molar-refractivity contribution in [1.82, 2.24) is 10.3 Å². The number of carbonyl (C=O) groups is 1. The summed E-state index contributed by atoms with van der Waals surface area (Å²) in [4.78, 5) is 14.2. The van der Waals surface area contributed by atoms with Crippen LogP contribution in [0.2, 0.25) is 0 Å². The summed E-state index contributed by atoms with van der Waals surface area (Å²) in [5.41, 5.74) is 3.23. The van der Waals surface area contributed by atoms with E-state index in [0.717, 1.165) is 31.7 Å². The molecule has 5 heteroatoms. The van der Waals surface area contributed by atoms with Gasteiger partial charge in [-0.2, -0.15) is 0 Å². The number of nitrogens with zero attached hydrogens (tertiary/aromatic N) is 1. The minimum Gasteiger partial charge on any atom is -0.377 e.